The number of thioether (sulfide) groups is 1. The van der Waals surface area contributed by atoms with Gasteiger partial charge in [-0.25, -0.2) is 0 Å². The van der Waals surface area contributed by atoms with E-state index in [1.54, 1.807) is 36.0 Å². The van der Waals surface area contributed by atoms with E-state index < -0.39 is 4.92 Å². The molecule has 13 heteroatoms. The zero-order valence-corrected chi connectivity index (χ0v) is 22.5. The van der Waals surface area contributed by atoms with E-state index in [1.165, 1.54) is 30.0 Å². The summed E-state index contributed by atoms with van der Waals surface area (Å²) in [5, 5.41) is 36.4. The van der Waals surface area contributed by atoms with Gasteiger partial charge in [0.25, 0.3) is 11.4 Å². The van der Waals surface area contributed by atoms with E-state index in [0.29, 0.717) is 54.2 Å². The van der Waals surface area contributed by atoms with Crippen LogP contribution in [0.25, 0.3) is 0 Å². The minimum absolute atomic E-state index is 0.00638. The minimum atomic E-state index is -0.424. The van der Waals surface area contributed by atoms with E-state index in [0.717, 1.165) is 11.3 Å². The Hall–Kier alpha value is -4.78. The number of nitrogens with zero attached hydrogens (tertiary/aromatic N) is 8. The van der Waals surface area contributed by atoms with Gasteiger partial charge in [-0.05, 0) is 30.7 Å². The van der Waals surface area contributed by atoms with Crippen molar-refractivity contribution < 1.29 is 9.85 Å². The van der Waals surface area contributed by atoms with Gasteiger partial charge in [0.2, 0.25) is 5.16 Å². The zero-order chi connectivity index (χ0) is 28.1. The average molecular weight is 559 g/mol. The molecule has 4 aromatic rings. The van der Waals surface area contributed by atoms with Crippen LogP contribution in [0, 0.1) is 27.2 Å². The molecule has 0 atom stereocenters. The molecule has 0 saturated carbocycles. The summed E-state index contributed by atoms with van der Waals surface area (Å²) >= 11 is 1.51. The van der Waals surface area contributed by atoms with Crippen molar-refractivity contribution in [3.8, 4) is 0 Å². The normalized spacial score (nSPS) is 13.6. The number of aromatic nitrogens is 3. The molecule has 0 N–H and O–H groups in total. The lowest BCUT2D eigenvalue weighted by atomic mass is 10.1. The molecule has 1 aromatic heterocycles. The van der Waals surface area contributed by atoms with E-state index in [9.17, 15) is 20.2 Å². The summed E-state index contributed by atoms with van der Waals surface area (Å²) in [6, 6.07) is 21.5. The number of anilines is 2. The third-order valence-electron chi connectivity index (χ3n) is 6.54. The monoisotopic (exact) mass is 558 g/mol. The Balaban J connectivity index is 1.27. The van der Waals surface area contributed by atoms with Gasteiger partial charge >= 0.3 is 0 Å². The van der Waals surface area contributed by atoms with Crippen LogP contribution in [0.15, 0.2) is 83.1 Å². The highest BCUT2D eigenvalue weighted by molar-refractivity contribution is 7.98. The quantitative estimate of drug-likeness (QED) is 0.122. The summed E-state index contributed by atoms with van der Waals surface area (Å²) in [6.07, 6.45) is 1.58. The third kappa shape index (κ3) is 6.10. The van der Waals surface area contributed by atoms with Crippen molar-refractivity contribution in [3.63, 3.8) is 0 Å². The molecule has 3 aromatic carbocycles. The van der Waals surface area contributed by atoms with Gasteiger partial charge < -0.3 is 9.80 Å². The maximum atomic E-state index is 12.0. The first-order chi connectivity index (χ1) is 19.4. The molecule has 1 aliphatic heterocycles. The van der Waals surface area contributed by atoms with Crippen LogP contribution in [0.4, 0.5) is 22.7 Å². The van der Waals surface area contributed by atoms with Crippen molar-refractivity contribution in [2.75, 3.05) is 36.0 Å². The molecule has 0 unspecified atom stereocenters. The number of nitro groups is 2. The van der Waals surface area contributed by atoms with Crippen LogP contribution < -0.4 is 9.80 Å². The predicted molar refractivity (Wildman–Crippen MR) is 154 cm³/mol. The number of aryl methyl sites for hydroxylation is 1. The first kappa shape index (κ1) is 26.8. The molecule has 204 valence electrons. The van der Waals surface area contributed by atoms with E-state index in [1.807, 2.05) is 41.3 Å². The second-order valence-electron chi connectivity index (χ2n) is 9.11. The summed E-state index contributed by atoms with van der Waals surface area (Å²) in [4.78, 5) is 26.2. The zero-order valence-electron chi connectivity index (χ0n) is 21.7. The number of rotatable bonds is 9. The fraction of sp³-hybridized carbons (Fsp3) is 0.222. The molecule has 0 radical (unpaired) electrons. The van der Waals surface area contributed by atoms with Gasteiger partial charge in [-0.3, -0.25) is 20.2 Å². The summed E-state index contributed by atoms with van der Waals surface area (Å²) in [6.45, 7) is 4.22. The van der Waals surface area contributed by atoms with E-state index in [-0.39, 0.29) is 16.3 Å². The van der Waals surface area contributed by atoms with Crippen LogP contribution in [-0.2, 0) is 5.75 Å². The Morgan fingerprint density at radius 1 is 0.900 bits per heavy atom. The van der Waals surface area contributed by atoms with Crippen molar-refractivity contribution in [3.05, 3.63) is 110 Å². The summed E-state index contributed by atoms with van der Waals surface area (Å²) in [5.41, 5.74) is 3.23. The lowest BCUT2D eigenvalue weighted by Crippen LogP contribution is -2.46. The number of hydrogen-bond donors (Lipinski definition) is 0. The number of nitro benzene ring substituents is 2. The third-order valence-corrected chi connectivity index (χ3v) is 7.53. The predicted octanol–water partition coefficient (Wildman–Crippen LogP) is 4.90. The molecular formula is C27H26N8O4S. The fourth-order valence-electron chi connectivity index (χ4n) is 4.43. The van der Waals surface area contributed by atoms with Crippen molar-refractivity contribution in [2.45, 2.75) is 17.8 Å². The molecule has 0 amide bonds. The van der Waals surface area contributed by atoms with E-state index in [4.69, 9.17) is 0 Å². The maximum absolute atomic E-state index is 12.0. The van der Waals surface area contributed by atoms with Crippen molar-refractivity contribution in [1.29, 1.82) is 0 Å². The van der Waals surface area contributed by atoms with Gasteiger partial charge in [-0.2, -0.15) is 9.78 Å². The standard InChI is InChI=1S/C27H26N8O4S/c1-20-29-30-27(40-19-21-5-3-2-4-6-21)33(20)28-18-22-7-12-25(26(17-22)35(38)39)32-15-13-31(14-16-32)23-8-10-24(11-9-23)34(36)37/h2-12,17-18H,13-16,19H2,1H3/b28-18-. The molecule has 0 aliphatic carbocycles. The van der Waals surface area contributed by atoms with E-state index >= 15 is 0 Å². The second-order valence-corrected chi connectivity index (χ2v) is 10.1. The second kappa shape index (κ2) is 11.9. The highest BCUT2D eigenvalue weighted by atomic mass is 32.2. The van der Waals surface area contributed by atoms with Crippen LogP contribution in [0.2, 0.25) is 0 Å². The number of non-ortho nitro benzene ring substituents is 1. The lowest BCUT2D eigenvalue weighted by Gasteiger charge is -2.37. The van der Waals surface area contributed by atoms with Crippen LogP contribution in [0.1, 0.15) is 17.0 Å². The van der Waals surface area contributed by atoms with Crippen LogP contribution in [-0.4, -0.2) is 57.1 Å². The summed E-state index contributed by atoms with van der Waals surface area (Å²) in [7, 11) is 0. The van der Waals surface area contributed by atoms with Gasteiger partial charge in [0, 0.05) is 61.4 Å². The van der Waals surface area contributed by atoms with Gasteiger partial charge in [0.15, 0.2) is 5.82 Å². The van der Waals surface area contributed by atoms with Crippen molar-refractivity contribution in [1.82, 2.24) is 14.9 Å². The molecule has 0 bridgehead atoms. The Morgan fingerprint density at radius 2 is 1.60 bits per heavy atom. The van der Waals surface area contributed by atoms with Crippen LogP contribution in [0.5, 0.6) is 0 Å². The Labute approximate surface area is 234 Å². The molecule has 1 saturated heterocycles. The van der Waals surface area contributed by atoms with Crippen molar-refractivity contribution >= 4 is 40.7 Å². The topological polar surface area (TPSA) is 136 Å². The molecule has 1 aliphatic rings. The Bertz CT molecular complexity index is 1530. The molecule has 1 fully saturated rings. The molecule has 5 rings (SSSR count). The smallest absolute Gasteiger partial charge is 0.293 e. The molecule has 0 spiro atoms. The first-order valence-corrected chi connectivity index (χ1v) is 13.5. The van der Waals surface area contributed by atoms with Crippen LogP contribution in [0.3, 0.4) is 0 Å². The molecule has 40 heavy (non-hydrogen) atoms. The fourth-order valence-corrected chi connectivity index (χ4v) is 5.32. The Kier molecular flexibility index (Phi) is 8.01. The number of hydrogen-bond acceptors (Lipinski definition) is 10. The largest absolute Gasteiger partial charge is 0.368 e. The van der Waals surface area contributed by atoms with Gasteiger partial charge in [0.05, 0.1) is 16.1 Å². The highest BCUT2D eigenvalue weighted by Gasteiger charge is 2.24. The number of piperazine rings is 1. The highest BCUT2D eigenvalue weighted by Crippen LogP contribution is 2.31. The minimum Gasteiger partial charge on any atom is -0.368 e. The molecule has 2 heterocycles. The van der Waals surface area contributed by atoms with Crippen LogP contribution >= 0.6 is 11.8 Å². The summed E-state index contributed by atoms with van der Waals surface area (Å²) < 4.78 is 1.63. The van der Waals surface area contributed by atoms with E-state index in [2.05, 4.69) is 20.2 Å². The van der Waals surface area contributed by atoms with Crippen molar-refractivity contribution in [2.24, 2.45) is 5.10 Å². The van der Waals surface area contributed by atoms with Gasteiger partial charge in [0.1, 0.15) is 5.69 Å². The average Bonchev–Trinajstić information content (AvgIpc) is 3.34. The lowest BCUT2D eigenvalue weighted by molar-refractivity contribution is -0.384. The summed E-state index contributed by atoms with van der Waals surface area (Å²) in [5.74, 6) is 1.33. The number of benzene rings is 3. The van der Waals surface area contributed by atoms with Gasteiger partial charge in [-0.1, -0.05) is 48.2 Å². The molecule has 12 nitrogen and oxygen atoms in total. The SMILES string of the molecule is Cc1nnc(SCc2ccccc2)n1/N=C\c1ccc(N2CCN(c3ccc([N+](=O)[O-])cc3)CC2)c([N+](=O)[O-])c1. The Morgan fingerprint density at radius 3 is 2.27 bits per heavy atom. The first-order valence-electron chi connectivity index (χ1n) is 12.5. The van der Waals surface area contributed by atoms with Gasteiger partial charge in [-0.15, -0.1) is 10.2 Å². The molecular weight excluding hydrogens is 532 g/mol. The maximum Gasteiger partial charge on any atom is 0.293 e.